The fourth-order valence-corrected chi connectivity index (χ4v) is 4.05. The minimum Gasteiger partial charge on any atom is -0.372 e. The van der Waals surface area contributed by atoms with Gasteiger partial charge in [0.1, 0.15) is 5.82 Å². The lowest BCUT2D eigenvalue weighted by atomic mass is 10.1. The number of anilines is 1. The van der Waals surface area contributed by atoms with Crippen molar-refractivity contribution in [2.75, 3.05) is 18.0 Å². The van der Waals surface area contributed by atoms with Crippen molar-refractivity contribution in [2.24, 2.45) is 7.05 Å². The molecule has 4 heterocycles. The summed E-state index contributed by atoms with van der Waals surface area (Å²) in [7, 11) is 1.93. The van der Waals surface area contributed by atoms with Gasteiger partial charge in [0.15, 0.2) is 0 Å². The van der Waals surface area contributed by atoms with E-state index in [1.807, 2.05) is 47.3 Å². The van der Waals surface area contributed by atoms with Crippen LogP contribution < -0.4 is 4.90 Å². The molecular formula is C22H24N6O. The smallest absolute Gasteiger partial charge is 0.130 e. The lowest BCUT2D eigenvalue weighted by Gasteiger charge is -2.36. The molecule has 0 radical (unpaired) electrons. The third-order valence-corrected chi connectivity index (χ3v) is 5.33. The van der Waals surface area contributed by atoms with Crippen LogP contribution in [0.25, 0.3) is 27.7 Å². The molecule has 0 aliphatic carbocycles. The SMILES string of the molecule is C[C@@H]1CN(c2cc(-n3ncc4ccc(-c5cnn(C)c5)cc43)ccn2)C[C@H](C)O1. The van der Waals surface area contributed by atoms with Gasteiger partial charge in [-0.1, -0.05) is 12.1 Å². The molecule has 4 aromatic rings. The Kier molecular flexibility index (Phi) is 4.32. The number of morpholine rings is 1. The second-order valence-electron chi connectivity index (χ2n) is 7.77. The Balaban J connectivity index is 1.54. The molecule has 3 aromatic heterocycles. The number of ether oxygens (including phenoxy) is 1. The van der Waals surface area contributed by atoms with Gasteiger partial charge in [-0.2, -0.15) is 10.2 Å². The van der Waals surface area contributed by atoms with Crippen LogP contribution in [0.2, 0.25) is 0 Å². The monoisotopic (exact) mass is 388 g/mol. The average molecular weight is 388 g/mol. The topological polar surface area (TPSA) is 61.0 Å². The van der Waals surface area contributed by atoms with Gasteiger partial charge in [-0.3, -0.25) is 4.68 Å². The molecule has 1 aliphatic heterocycles. The molecule has 7 nitrogen and oxygen atoms in total. The quantitative estimate of drug-likeness (QED) is 0.538. The first-order chi connectivity index (χ1) is 14.1. The Morgan fingerprint density at radius 1 is 0.966 bits per heavy atom. The number of nitrogens with zero attached hydrogens (tertiary/aromatic N) is 6. The molecule has 1 saturated heterocycles. The molecule has 0 unspecified atom stereocenters. The highest BCUT2D eigenvalue weighted by molar-refractivity contribution is 5.85. The summed E-state index contributed by atoms with van der Waals surface area (Å²) >= 11 is 0. The first-order valence-corrected chi connectivity index (χ1v) is 9.90. The van der Waals surface area contributed by atoms with E-state index in [-0.39, 0.29) is 12.2 Å². The Hall–Kier alpha value is -3.19. The summed E-state index contributed by atoms with van der Waals surface area (Å²) in [6.07, 6.45) is 8.05. The van der Waals surface area contributed by atoms with Gasteiger partial charge in [0, 0.05) is 49.5 Å². The van der Waals surface area contributed by atoms with E-state index in [2.05, 4.69) is 58.2 Å². The Bertz CT molecular complexity index is 1150. The zero-order valence-electron chi connectivity index (χ0n) is 16.9. The van der Waals surface area contributed by atoms with Crippen molar-refractivity contribution in [3.63, 3.8) is 0 Å². The van der Waals surface area contributed by atoms with Crippen LogP contribution in [0.3, 0.4) is 0 Å². The van der Waals surface area contributed by atoms with Crippen LogP contribution in [0.5, 0.6) is 0 Å². The number of rotatable bonds is 3. The molecular weight excluding hydrogens is 364 g/mol. The van der Waals surface area contributed by atoms with Crippen molar-refractivity contribution in [3.05, 3.63) is 55.1 Å². The summed E-state index contributed by atoms with van der Waals surface area (Å²) < 4.78 is 9.66. The van der Waals surface area contributed by atoms with E-state index in [0.29, 0.717) is 0 Å². The van der Waals surface area contributed by atoms with E-state index < -0.39 is 0 Å². The third-order valence-electron chi connectivity index (χ3n) is 5.33. The summed E-state index contributed by atoms with van der Waals surface area (Å²) in [5, 5.41) is 10.0. The fourth-order valence-electron chi connectivity index (χ4n) is 4.05. The normalized spacial score (nSPS) is 19.8. The van der Waals surface area contributed by atoms with E-state index in [0.717, 1.165) is 46.6 Å². The zero-order valence-corrected chi connectivity index (χ0v) is 16.9. The molecule has 0 saturated carbocycles. The number of fused-ring (bicyclic) bond motifs is 1. The lowest BCUT2D eigenvalue weighted by molar-refractivity contribution is -0.00545. The van der Waals surface area contributed by atoms with Crippen molar-refractivity contribution in [1.82, 2.24) is 24.5 Å². The first-order valence-electron chi connectivity index (χ1n) is 9.90. The molecule has 1 fully saturated rings. The Morgan fingerprint density at radius 2 is 1.79 bits per heavy atom. The van der Waals surface area contributed by atoms with Gasteiger partial charge in [-0.25, -0.2) is 9.67 Å². The van der Waals surface area contributed by atoms with Crippen molar-refractivity contribution in [2.45, 2.75) is 26.1 Å². The van der Waals surface area contributed by atoms with Crippen LogP contribution in [0.15, 0.2) is 55.1 Å². The highest BCUT2D eigenvalue weighted by atomic mass is 16.5. The van der Waals surface area contributed by atoms with Gasteiger partial charge in [-0.15, -0.1) is 0 Å². The van der Waals surface area contributed by atoms with Gasteiger partial charge in [-0.05, 0) is 31.5 Å². The van der Waals surface area contributed by atoms with Crippen molar-refractivity contribution >= 4 is 16.7 Å². The van der Waals surface area contributed by atoms with Gasteiger partial charge < -0.3 is 9.64 Å². The zero-order chi connectivity index (χ0) is 20.0. The molecule has 148 valence electrons. The molecule has 0 bridgehead atoms. The van der Waals surface area contributed by atoms with Crippen molar-refractivity contribution in [3.8, 4) is 16.8 Å². The van der Waals surface area contributed by atoms with E-state index in [1.54, 1.807) is 0 Å². The number of benzene rings is 1. The molecule has 1 aliphatic rings. The number of aromatic nitrogens is 5. The second kappa shape index (κ2) is 7.00. The maximum atomic E-state index is 5.86. The van der Waals surface area contributed by atoms with Crippen LogP contribution in [0.4, 0.5) is 5.82 Å². The standard InChI is InChI=1S/C22H24N6O/c1-15-12-27(13-16(2)29-15)22-9-20(6-7-23-22)28-21-8-17(4-5-18(21)10-25-28)19-11-24-26(3)14-19/h4-11,14-16H,12-13H2,1-3H3/t15-,16+. The molecule has 0 N–H and O–H groups in total. The molecule has 0 amide bonds. The lowest BCUT2D eigenvalue weighted by Crippen LogP contribution is -2.45. The number of hydrogen-bond donors (Lipinski definition) is 0. The van der Waals surface area contributed by atoms with Crippen LogP contribution in [0.1, 0.15) is 13.8 Å². The highest BCUT2D eigenvalue weighted by Gasteiger charge is 2.23. The van der Waals surface area contributed by atoms with E-state index in [1.165, 1.54) is 0 Å². The molecule has 29 heavy (non-hydrogen) atoms. The molecule has 1 aromatic carbocycles. The van der Waals surface area contributed by atoms with E-state index in [9.17, 15) is 0 Å². The summed E-state index contributed by atoms with van der Waals surface area (Å²) in [5.41, 5.74) is 4.28. The molecule has 7 heteroatoms. The molecule has 5 rings (SSSR count). The fraction of sp³-hybridized carbons (Fsp3) is 0.318. The van der Waals surface area contributed by atoms with Crippen LogP contribution in [-0.4, -0.2) is 49.8 Å². The minimum atomic E-state index is 0.191. The molecule has 0 spiro atoms. The van der Waals surface area contributed by atoms with Gasteiger partial charge >= 0.3 is 0 Å². The summed E-state index contributed by atoms with van der Waals surface area (Å²) in [4.78, 5) is 6.89. The minimum absolute atomic E-state index is 0.191. The van der Waals surface area contributed by atoms with Gasteiger partial charge in [0.25, 0.3) is 0 Å². The Morgan fingerprint density at radius 3 is 2.55 bits per heavy atom. The first kappa shape index (κ1) is 17.9. The van der Waals surface area contributed by atoms with Crippen LogP contribution in [-0.2, 0) is 11.8 Å². The van der Waals surface area contributed by atoms with Gasteiger partial charge in [0.2, 0.25) is 0 Å². The van der Waals surface area contributed by atoms with Crippen LogP contribution in [0, 0.1) is 0 Å². The highest BCUT2D eigenvalue weighted by Crippen LogP contribution is 2.27. The molecule has 2 atom stereocenters. The van der Waals surface area contributed by atoms with Crippen molar-refractivity contribution in [1.29, 1.82) is 0 Å². The predicted molar refractivity (Wildman–Crippen MR) is 113 cm³/mol. The number of pyridine rings is 1. The summed E-state index contributed by atoms with van der Waals surface area (Å²) in [6.45, 7) is 5.89. The van der Waals surface area contributed by atoms with Crippen LogP contribution >= 0.6 is 0 Å². The van der Waals surface area contributed by atoms with E-state index >= 15 is 0 Å². The summed E-state index contributed by atoms with van der Waals surface area (Å²) in [5.74, 6) is 0.955. The maximum Gasteiger partial charge on any atom is 0.130 e. The third kappa shape index (κ3) is 3.38. The largest absolute Gasteiger partial charge is 0.372 e. The maximum absolute atomic E-state index is 5.86. The Labute approximate surface area is 169 Å². The van der Waals surface area contributed by atoms with Gasteiger partial charge in [0.05, 0.1) is 35.8 Å². The number of aryl methyl sites for hydroxylation is 1. The average Bonchev–Trinajstić information content (AvgIpc) is 3.33. The number of hydrogen-bond acceptors (Lipinski definition) is 5. The second-order valence-corrected chi connectivity index (χ2v) is 7.77. The predicted octanol–water partition coefficient (Wildman–Crippen LogP) is 3.43. The summed E-state index contributed by atoms with van der Waals surface area (Å²) in [6, 6.07) is 10.5. The van der Waals surface area contributed by atoms with Crippen molar-refractivity contribution < 1.29 is 4.74 Å². The van der Waals surface area contributed by atoms with E-state index in [4.69, 9.17) is 4.74 Å².